The molecule has 202 valence electrons. The molecule has 9 nitrogen and oxygen atoms in total. The Morgan fingerprint density at radius 3 is 2.38 bits per heavy atom. The Morgan fingerprint density at radius 2 is 1.67 bits per heavy atom. The first-order valence-electron chi connectivity index (χ1n) is 12.0. The molecule has 0 saturated carbocycles. The molecule has 0 aliphatic rings. The van der Waals surface area contributed by atoms with Gasteiger partial charge in [-0.05, 0) is 67.6 Å². The fourth-order valence-corrected chi connectivity index (χ4v) is 5.32. The third-order valence-corrected chi connectivity index (χ3v) is 7.60. The monoisotopic (exact) mass is 567 g/mol. The number of benzene rings is 3. The minimum Gasteiger partial charge on any atom is -0.492 e. The highest BCUT2D eigenvalue weighted by Gasteiger charge is 2.30. The number of furan rings is 1. The van der Waals surface area contributed by atoms with Crippen molar-refractivity contribution in [1.29, 1.82) is 0 Å². The van der Waals surface area contributed by atoms with Crippen molar-refractivity contribution in [3.8, 4) is 5.75 Å². The number of ether oxygens (including phenoxy) is 1. The molecule has 2 amide bonds. The maximum atomic E-state index is 13.7. The number of carbonyl (C=O) groups is 2. The molecule has 0 unspecified atom stereocenters. The van der Waals surface area contributed by atoms with Crippen LogP contribution in [0.15, 0.2) is 101 Å². The Labute approximate surface area is 231 Å². The van der Waals surface area contributed by atoms with Gasteiger partial charge >= 0.3 is 0 Å². The molecule has 3 aromatic carbocycles. The maximum Gasteiger partial charge on any atom is 0.264 e. The first-order chi connectivity index (χ1) is 18.8. The van der Waals surface area contributed by atoms with Crippen LogP contribution in [0.3, 0.4) is 0 Å². The number of halogens is 1. The summed E-state index contributed by atoms with van der Waals surface area (Å²) < 4.78 is 39.3. The van der Waals surface area contributed by atoms with Gasteiger partial charge in [0.2, 0.25) is 5.91 Å². The molecule has 0 aliphatic carbocycles. The molecule has 1 aromatic heterocycles. The number of nitrogens with one attached hydrogen (secondary N) is 2. The Hall–Kier alpha value is -4.28. The molecular weight excluding hydrogens is 542 g/mol. The second kappa shape index (κ2) is 12.5. The van der Waals surface area contributed by atoms with E-state index in [1.807, 2.05) is 0 Å². The molecule has 2 N–H and O–H groups in total. The predicted octanol–water partition coefficient (Wildman–Crippen LogP) is 5.10. The Bertz CT molecular complexity index is 1540. The molecule has 0 radical (unpaired) electrons. The zero-order chi connectivity index (χ0) is 27.8. The van der Waals surface area contributed by atoms with Gasteiger partial charge in [0.15, 0.2) is 0 Å². The van der Waals surface area contributed by atoms with E-state index in [0.717, 1.165) is 4.31 Å². The van der Waals surface area contributed by atoms with Crippen LogP contribution in [-0.4, -0.2) is 33.4 Å². The smallest absolute Gasteiger partial charge is 0.264 e. The van der Waals surface area contributed by atoms with Gasteiger partial charge < -0.3 is 19.8 Å². The molecule has 0 bridgehead atoms. The van der Waals surface area contributed by atoms with Crippen molar-refractivity contribution in [2.24, 2.45) is 0 Å². The predicted molar refractivity (Wildman–Crippen MR) is 149 cm³/mol. The number of nitrogens with zero attached hydrogens (tertiary/aromatic N) is 1. The van der Waals surface area contributed by atoms with Crippen LogP contribution in [0.1, 0.15) is 23.0 Å². The van der Waals surface area contributed by atoms with Crippen LogP contribution in [0.4, 0.5) is 11.4 Å². The van der Waals surface area contributed by atoms with E-state index in [-0.39, 0.29) is 28.4 Å². The average Bonchev–Trinajstić information content (AvgIpc) is 3.45. The molecule has 0 spiro atoms. The normalized spacial score (nSPS) is 11.0. The maximum absolute atomic E-state index is 13.7. The first-order valence-corrected chi connectivity index (χ1v) is 13.8. The fraction of sp³-hybridized carbons (Fsp3) is 0.143. The van der Waals surface area contributed by atoms with Crippen LogP contribution in [0, 0.1) is 0 Å². The second-order valence-corrected chi connectivity index (χ2v) is 10.5. The number of anilines is 2. The standard InChI is InChI=1S/C28H26ClN3O6S/c1-2-37-26-12-6-5-11-25(26)32(39(35,36)22-15-13-20(29)14-16-22)19-27(33)31-24-10-4-3-9-23(24)28(34)30-18-21-8-7-17-38-21/h3-17H,2,18-19H2,1H3,(H,30,34)(H,31,33). The Kier molecular flexibility index (Phi) is 8.90. The van der Waals surface area contributed by atoms with Crippen molar-refractivity contribution >= 4 is 44.8 Å². The van der Waals surface area contributed by atoms with Gasteiger partial charge in [-0.25, -0.2) is 8.42 Å². The summed E-state index contributed by atoms with van der Waals surface area (Å²) in [6, 6.07) is 22.1. The highest BCUT2D eigenvalue weighted by molar-refractivity contribution is 7.92. The lowest BCUT2D eigenvalue weighted by Gasteiger charge is -2.26. The van der Waals surface area contributed by atoms with Crippen LogP contribution < -0.4 is 19.7 Å². The van der Waals surface area contributed by atoms with Gasteiger partial charge in [0.05, 0.1) is 41.2 Å². The van der Waals surface area contributed by atoms with Crippen molar-refractivity contribution in [2.75, 3.05) is 22.8 Å². The van der Waals surface area contributed by atoms with Crippen molar-refractivity contribution < 1.29 is 27.2 Å². The van der Waals surface area contributed by atoms with E-state index in [1.165, 1.54) is 30.5 Å². The average molecular weight is 568 g/mol. The molecule has 1 heterocycles. The molecule has 4 aromatic rings. The highest BCUT2D eigenvalue weighted by Crippen LogP contribution is 2.33. The summed E-state index contributed by atoms with van der Waals surface area (Å²) >= 11 is 5.96. The van der Waals surface area contributed by atoms with Crippen LogP contribution in [-0.2, 0) is 21.4 Å². The van der Waals surface area contributed by atoms with Crippen molar-refractivity contribution in [3.05, 3.63) is 108 Å². The number of para-hydroxylation sites is 3. The summed E-state index contributed by atoms with van der Waals surface area (Å²) in [7, 11) is -4.22. The molecule has 0 atom stereocenters. The summed E-state index contributed by atoms with van der Waals surface area (Å²) in [5.41, 5.74) is 0.620. The lowest BCUT2D eigenvalue weighted by molar-refractivity contribution is -0.114. The van der Waals surface area contributed by atoms with Gasteiger partial charge in [-0.1, -0.05) is 35.9 Å². The summed E-state index contributed by atoms with van der Waals surface area (Å²) in [5, 5.41) is 5.78. The third kappa shape index (κ3) is 6.78. The van der Waals surface area contributed by atoms with Crippen molar-refractivity contribution in [3.63, 3.8) is 0 Å². The van der Waals surface area contributed by atoms with Crippen molar-refractivity contribution in [2.45, 2.75) is 18.4 Å². The second-order valence-electron chi connectivity index (χ2n) is 8.22. The van der Waals surface area contributed by atoms with Crippen LogP contribution in [0.25, 0.3) is 0 Å². The number of amides is 2. The van der Waals surface area contributed by atoms with E-state index in [9.17, 15) is 18.0 Å². The SMILES string of the molecule is CCOc1ccccc1N(CC(=O)Nc1ccccc1C(=O)NCc1ccco1)S(=O)(=O)c1ccc(Cl)cc1. The van der Waals surface area contributed by atoms with E-state index in [1.54, 1.807) is 67.6 Å². The van der Waals surface area contributed by atoms with Crippen molar-refractivity contribution in [1.82, 2.24) is 5.32 Å². The van der Waals surface area contributed by atoms with Gasteiger partial charge in [-0.3, -0.25) is 13.9 Å². The largest absolute Gasteiger partial charge is 0.492 e. The van der Waals surface area contributed by atoms with Gasteiger partial charge in [-0.15, -0.1) is 0 Å². The molecule has 4 rings (SSSR count). The number of rotatable bonds is 11. The van der Waals surface area contributed by atoms with Gasteiger partial charge in [0.1, 0.15) is 18.1 Å². The minimum absolute atomic E-state index is 0.0521. The van der Waals surface area contributed by atoms with E-state index in [2.05, 4.69) is 10.6 Å². The van der Waals surface area contributed by atoms with Gasteiger partial charge in [0, 0.05) is 5.02 Å². The lowest BCUT2D eigenvalue weighted by atomic mass is 10.1. The Morgan fingerprint density at radius 1 is 0.949 bits per heavy atom. The summed E-state index contributed by atoms with van der Waals surface area (Å²) in [5.74, 6) is -0.233. The van der Waals surface area contributed by atoms with E-state index >= 15 is 0 Å². The summed E-state index contributed by atoms with van der Waals surface area (Å²) in [6.45, 7) is 1.64. The Balaban J connectivity index is 1.61. The number of sulfonamides is 1. The fourth-order valence-electron chi connectivity index (χ4n) is 3.76. The van der Waals surface area contributed by atoms with E-state index < -0.39 is 28.4 Å². The van der Waals surface area contributed by atoms with Crippen LogP contribution >= 0.6 is 11.6 Å². The van der Waals surface area contributed by atoms with Crippen LogP contribution in [0.2, 0.25) is 5.02 Å². The van der Waals surface area contributed by atoms with E-state index in [0.29, 0.717) is 23.1 Å². The molecular formula is C28H26ClN3O6S. The summed E-state index contributed by atoms with van der Waals surface area (Å²) in [6.07, 6.45) is 1.50. The molecule has 0 aliphatic heterocycles. The molecule has 0 saturated heterocycles. The number of hydrogen-bond donors (Lipinski definition) is 2. The minimum atomic E-state index is -4.22. The zero-order valence-electron chi connectivity index (χ0n) is 21.0. The van der Waals surface area contributed by atoms with Gasteiger partial charge in [-0.2, -0.15) is 0 Å². The molecule has 11 heteroatoms. The molecule has 39 heavy (non-hydrogen) atoms. The zero-order valence-corrected chi connectivity index (χ0v) is 22.5. The molecule has 0 fully saturated rings. The van der Waals surface area contributed by atoms with E-state index in [4.69, 9.17) is 20.8 Å². The third-order valence-electron chi connectivity index (χ3n) is 5.57. The number of carbonyl (C=O) groups excluding carboxylic acids is 2. The highest BCUT2D eigenvalue weighted by atomic mass is 35.5. The number of hydrogen-bond acceptors (Lipinski definition) is 6. The lowest BCUT2D eigenvalue weighted by Crippen LogP contribution is -2.38. The quantitative estimate of drug-likeness (QED) is 0.260. The van der Waals surface area contributed by atoms with Gasteiger partial charge in [0.25, 0.3) is 15.9 Å². The topological polar surface area (TPSA) is 118 Å². The van der Waals surface area contributed by atoms with Crippen LogP contribution in [0.5, 0.6) is 5.75 Å². The summed E-state index contributed by atoms with van der Waals surface area (Å²) in [4.78, 5) is 26.1. The first kappa shape index (κ1) is 27.7.